The van der Waals surface area contributed by atoms with Crippen LogP contribution in [0, 0.1) is 0 Å². The van der Waals surface area contributed by atoms with Crippen molar-refractivity contribution in [3.05, 3.63) is 34.9 Å². The maximum Gasteiger partial charge on any atom is 0.0208 e. The molecule has 1 aliphatic heterocycles. The highest BCUT2D eigenvalue weighted by Gasteiger charge is 2.41. The maximum absolute atomic E-state index is 3.61. The van der Waals surface area contributed by atoms with Gasteiger partial charge in [-0.1, -0.05) is 37.5 Å². The first-order valence-corrected chi connectivity index (χ1v) is 8.22. The highest BCUT2D eigenvalue weighted by atomic mass is 14.9. The second kappa shape index (κ2) is 4.63. The molecule has 2 aliphatic carbocycles. The molecule has 1 aromatic rings. The van der Waals surface area contributed by atoms with Crippen molar-refractivity contribution in [3.8, 4) is 0 Å². The van der Waals surface area contributed by atoms with Crippen molar-refractivity contribution < 1.29 is 0 Å². The van der Waals surface area contributed by atoms with Gasteiger partial charge >= 0.3 is 0 Å². The molecule has 1 N–H and O–H groups in total. The predicted octanol–water partition coefficient (Wildman–Crippen LogP) is 4.26. The van der Waals surface area contributed by atoms with E-state index >= 15 is 0 Å². The van der Waals surface area contributed by atoms with E-state index in [1.807, 2.05) is 0 Å². The molecule has 1 heteroatoms. The third-order valence-corrected chi connectivity index (χ3v) is 5.94. The molecule has 1 heterocycles. The molecule has 0 aromatic heterocycles. The molecule has 1 saturated carbocycles. The second-order valence-corrected chi connectivity index (χ2v) is 6.92. The summed E-state index contributed by atoms with van der Waals surface area (Å²) in [7, 11) is 0. The Morgan fingerprint density at radius 1 is 1.00 bits per heavy atom. The molecular weight excluding hydrogens is 230 g/mol. The first kappa shape index (κ1) is 12.0. The lowest BCUT2D eigenvalue weighted by Gasteiger charge is -2.45. The summed E-state index contributed by atoms with van der Waals surface area (Å²) in [4.78, 5) is 0. The first-order chi connectivity index (χ1) is 9.39. The lowest BCUT2D eigenvalue weighted by molar-refractivity contribution is 0.241. The van der Waals surface area contributed by atoms with E-state index in [1.54, 1.807) is 16.7 Å². The van der Waals surface area contributed by atoms with E-state index in [-0.39, 0.29) is 0 Å². The molecule has 4 rings (SSSR count). The van der Waals surface area contributed by atoms with Gasteiger partial charge in [0.05, 0.1) is 0 Å². The lowest BCUT2D eigenvalue weighted by atomic mass is 9.59. The highest BCUT2D eigenvalue weighted by molar-refractivity contribution is 5.45. The Morgan fingerprint density at radius 3 is 2.79 bits per heavy atom. The van der Waals surface area contributed by atoms with Gasteiger partial charge in [0.25, 0.3) is 0 Å². The van der Waals surface area contributed by atoms with Crippen LogP contribution in [-0.4, -0.2) is 6.54 Å². The van der Waals surface area contributed by atoms with Crippen LogP contribution in [0.2, 0.25) is 0 Å². The average Bonchev–Trinajstić information content (AvgIpc) is 2.68. The summed E-state index contributed by atoms with van der Waals surface area (Å²) in [5.41, 5.74) is 5.68. The quantitative estimate of drug-likeness (QED) is 0.730. The number of hydrogen-bond acceptors (Lipinski definition) is 1. The molecular formula is C18H25N. The van der Waals surface area contributed by atoms with Gasteiger partial charge in [-0.15, -0.1) is 0 Å². The van der Waals surface area contributed by atoms with Gasteiger partial charge in [-0.05, 0) is 66.7 Å². The van der Waals surface area contributed by atoms with Crippen LogP contribution in [0.1, 0.15) is 74.0 Å². The average molecular weight is 255 g/mol. The number of fused-ring (bicyclic) bond motifs is 1. The summed E-state index contributed by atoms with van der Waals surface area (Å²) in [6, 6.07) is 7.16. The van der Waals surface area contributed by atoms with Gasteiger partial charge in [-0.25, -0.2) is 0 Å². The molecule has 0 amide bonds. The first-order valence-electron chi connectivity index (χ1n) is 8.22. The third kappa shape index (κ3) is 1.86. The minimum Gasteiger partial charge on any atom is -0.313 e. The van der Waals surface area contributed by atoms with Crippen LogP contribution in [-0.2, 0) is 12.0 Å². The fourth-order valence-corrected chi connectivity index (χ4v) is 4.98. The molecule has 102 valence electrons. The normalized spacial score (nSPS) is 28.7. The minimum absolute atomic E-state index is 0.560. The standard InChI is InChI=1S/C18H25N/c1-2-9-18(10-3-1)11-7-14-8-12-19-13-15-5-4-6-16(18)17(14)15/h4-6,14,19H,1-3,7-13H2/t14-/m1/s1. The van der Waals surface area contributed by atoms with Crippen LogP contribution in [0.3, 0.4) is 0 Å². The van der Waals surface area contributed by atoms with Crippen molar-refractivity contribution in [2.45, 2.75) is 69.2 Å². The molecule has 0 bridgehead atoms. The zero-order valence-electron chi connectivity index (χ0n) is 11.9. The van der Waals surface area contributed by atoms with Crippen molar-refractivity contribution in [1.82, 2.24) is 5.32 Å². The molecule has 0 radical (unpaired) electrons. The second-order valence-electron chi connectivity index (χ2n) is 6.92. The number of benzene rings is 1. The summed E-state index contributed by atoms with van der Waals surface area (Å²) in [5.74, 6) is 0.841. The summed E-state index contributed by atoms with van der Waals surface area (Å²) in [6.45, 7) is 2.29. The van der Waals surface area contributed by atoms with Crippen LogP contribution < -0.4 is 5.32 Å². The van der Waals surface area contributed by atoms with Crippen LogP contribution in [0.5, 0.6) is 0 Å². The Morgan fingerprint density at radius 2 is 1.89 bits per heavy atom. The van der Waals surface area contributed by atoms with Crippen molar-refractivity contribution in [2.75, 3.05) is 6.54 Å². The summed E-state index contributed by atoms with van der Waals surface area (Å²) in [6.07, 6.45) is 11.5. The zero-order valence-corrected chi connectivity index (χ0v) is 11.9. The predicted molar refractivity (Wildman–Crippen MR) is 79.5 cm³/mol. The number of hydrogen-bond donors (Lipinski definition) is 1. The topological polar surface area (TPSA) is 12.0 Å². The Hall–Kier alpha value is -0.820. The molecule has 0 saturated heterocycles. The van der Waals surface area contributed by atoms with Gasteiger partial charge in [-0.2, -0.15) is 0 Å². The number of rotatable bonds is 0. The maximum atomic E-state index is 3.61. The molecule has 0 unspecified atom stereocenters. The molecule has 1 spiro atoms. The van der Waals surface area contributed by atoms with Gasteiger partial charge < -0.3 is 5.32 Å². The van der Waals surface area contributed by atoms with Crippen molar-refractivity contribution in [3.63, 3.8) is 0 Å². The van der Waals surface area contributed by atoms with Gasteiger partial charge in [0.15, 0.2) is 0 Å². The Balaban J connectivity index is 1.85. The van der Waals surface area contributed by atoms with E-state index in [4.69, 9.17) is 0 Å². The van der Waals surface area contributed by atoms with E-state index < -0.39 is 0 Å². The van der Waals surface area contributed by atoms with Gasteiger partial charge in [0.1, 0.15) is 0 Å². The number of nitrogens with one attached hydrogen (secondary N) is 1. The summed E-state index contributed by atoms with van der Waals surface area (Å²) >= 11 is 0. The Bertz CT molecular complexity index is 471. The minimum atomic E-state index is 0.560. The summed E-state index contributed by atoms with van der Waals surface area (Å²) in [5, 5.41) is 3.61. The van der Waals surface area contributed by atoms with Crippen LogP contribution in [0.15, 0.2) is 18.2 Å². The molecule has 1 aromatic carbocycles. The van der Waals surface area contributed by atoms with Crippen molar-refractivity contribution >= 4 is 0 Å². The molecule has 1 fully saturated rings. The molecule has 1 atom stereocenters. The molecule has 1 nitrogen and oxygen atoms in total. The zero-order chi connectivity index (χ0) is 12.7. The highest BCUT2D eigenvalue weighted by Crippen LogP contribution is 2.52. The van der Waals surface area contributed by atoms with Crippen LogP contribution in [0.4, 0.5) is 0 Å². The smallest absolute Gasteiger partial charge is 0.0208 e. The Kier molecular flexibility index (Phi) is 2.91. The van der Waals surface area contributed by atoms with E-state index in [0.29, 0.717) is 5.41 Å². The summed E-state index contributed by atoms with van der Waals surface area (Å²) < 4.78 is 0. The third-order valence-electron chi connectivity index (χ3n) is 5.94. The van der Waals surface area contributed by atoms with Gasteiger partial charge in [0, 0.05) is 6.54 Å². The van der Waals surface area contributed by atoms with E-state index in [0.717, 1.165) is 12.5 Å². The SMILES string of the molecule is c1cc2c3c(c1)C1(CCCCC1)CC[C@@H]3CCNC2. The van der Waals surface area contributed by atoms with Gasteiger partial charge in [-0.3, -0.25) is 0 Å². The monoisotopic (exact) mass is 255 g/mol. The fourth-order valence-electron chi connectivity index (χ4n) is 4.98. The fraction of sp³-hybridized carbons (Fsp3) is 0.667. The van der Waals surface area contributed by atoms with E-state index in [9.17, 15) is 0 Å². The van der Waals surface area contributed by atoms with Gasteiger partial charge in [0.2, 0.25) is 0 Å². The lowest BCUT2D eigenvalue weighted by Crippen LogP contribution is -2.35. The Labute approximate surface area is 116 Å². The molecule has 19 heavy (non-hydrogen) atoms. The largest absolute Gasteiger partial charge is 0.313 e. The molecule has 3 aliphatic rings. The van der Waals surface area contributed by atoms with Crippen LogP contribution in [0.25, 0.3) is 0 Å². The van der Waals surface area contributed by atoms with Crippen LogP contribution >= 0.6 is 0 Å². The van der Waals surface area contributed by atoms with Crippen molar-refractivity contribution in [1.29, 1.82) is 0 Å². The van der Waals surface area contributed by atoms with Crippen molar-refractivity contribution in [2.24, 2.45) is 0 Å². The van der Waals surface area contributed by atoms with E-state index in [2.05, 4.69) is 23.5 Å². The van der Waals surface area contributed by atoms with E-state index in [1.165, 1.54) is 57.9 Å².